The molecule has 0 unspecified atom stereocenters. The molecule has 1 amide bonds. The molecule has 3 heterocycles. The minimum atomic E-state index is -0.0805. The summed E-state index contributed by atoms with van der Waals surface area (Å²) in [4.78, 5) is 17.5. The lowest BCUT2D eigenvalue weighted by atomic mass is 10.0. The fraction of sp³-hybridized carbons (Fsp3) is 0.611. The highest BCUT2D eigenvalue weighted by Crippen LogP contribution is 2.24. The molecular formula is C18H26N4O2. The van der Waals surface area contributed by atoms with Crippen molar-refractivity contribution in [3.63, 3.8) is 0 Å². The van der Waals surface area contributed by atoms with E-state index in [0.717, 1.165) is 36.2 Å². The molecule has 1 aliphatic heterocycles. The first-order valence-corrected chi connectivity index (χ1v) is 8.75. The molecule has 0 aromatic carbocycles. The summed E-state index contributed by atoms with van der Waals surface area (Å²) in [7, 11) is 0. The fourth-order valence-corrected chi connectivity index (χ4v) is 3.01. The van der Waals surface area contributed by atoms with Crippen molar-refractivity contribution in [1.29, 1.82) is 0 Å². The molecule has 1 saturated heterocycles. The van der Waals surface area contributed by atoms with Gasteiger partial charge >= 0.3 is 0 Å². The SMILES string of the molecule is CC(C)c1cc(C(=O)NC[C@H]2CCCO2)c2cnn(C(C)C)c2n1. The molecule has 2 aromatic heterocycles. The number of hydrogen-bond acceptors (Lipinski definition) is 4. The maximum absolute atomic E-state index is 12.7. The second-order valence-corrected chi connectivity index (χ2v) is 7.01. The van der Waals surface area contributed by atoms with Crippen LogP contribution in [0.3, 0.4) is 0 Å². The molecule has 24 heavy (non-hydrogen) atoms. The predicted octanol–water partition coefficient (Wildman–Crippen LogP) is 3.04. The van der Waals surface area contributed by atoms with Crippen LogP contribution in [-0.4, -0.2) is 39.9 Å². The Balaban J connectivity index is 1.94. The summed E-state index contributed by atoms with van der Waals surface area (Å²) < 4.78 is 7.45. The van der Waals surface area contributed by atoms with Gasteiger partial charge in [-0.15, -0.1) is 0 Å². The van der Waals surface area contributed by atoms with Crippen molar-refractivity contribution >= 4 is 16.9 Å². The van der Waals surface area contributed by atoms with E-state index in [9.17, 15) is 4.79 Å². The molecule has 0 saturated carbocycles. The lowest BCUT2D eigenvalue weighted by Crippen LogP contribution is -2.32. The number of nitrogens with one attached hydrogen (secondary N) is 1. The van der Waals surface area contributed by atoms with Gasteiger partial charge in [0.2, 0.25) is 0 Å². The van der Waals surface area contributed by atoms with Gasteiger partial charge < -0.3 is 10.1 Å². The summed E-state index contributed by atoms with van der Waals surface area (Å²) in [6.45, 7) is 9.63. The van der Waals surface area contributed by atoms with Gasteiger partial charge in [-0.1, -0.05) is 13.8 Å². The van der Waals surface area contributed by atoms with Crippen LogP contribution < -0.4 is 5.32 Å². The largest absolute Gasteiger partial charge is 0.376 e. The van der Waals surface area contributed by atoms with E-state index in [1.165, 1.54) is 0 Å². The molecule has 1 atom stereocenters. The summed E-state index contributed by atoms with van der Waals surface area (Å²) in [5.74, 6) is 0.165. The Morgan fingerprint density at radius 3 is 2.83 bits per heavy atom. The fourth-order valence-electron chi connectivity index (χ4n) is 3.01. The minimum absolute atomic E-state index is 0.0805. The van der Waals surface area contributed by atoms with Gasteiger partial charge in [-0.3, -0.25) is 4.79 Å². The van der Waals surface area contributed by atoms with Gasteiger partial charge in [0.25, 0.3) is 5.91 Å². The first-order valence-electron chi connectivity index (χ1n) is 8.75. The normalized spacial score (nSPS) is 18.0. The third-order valence-electron chi connectivity index (χ3n) is 4.43. The van der Waals surface area contributed by atoms with Gasteiger partial charge in [0.1, 0.15) is 0 Å². The number of carbonyl (C=O) groups is 1. The standard InChI is InChI=1S/C18H26N4O2/c1-11(2)16-8-14(18(23)19-9-13-6-5-7-24-13)15-10-20-22(12(3)4)17(15)21-16/h8,10-13H,5-7,9H2,1-4H3,(H,19,23)/t13-/m1/s1. The Bertz CT molecular complexity index is 730. The molecule has 6 nitrogen and oxygen atoms in total. The third-order valence-corrected chi connectivity index (χ3v) is 4.43. The summed E-state index contributed by atoms with van der Waals surface area (Å²) in [6.07, 6.45) is 3.95. The number of fused-ring (bicyclic) bond motifs is 1. The van der Waals surface area contributed by atoms with Gasteiger partial charge in [-0.05, 0) is 38.7 Å². The van der Waals surface area contributed by atoms with Crippen molar-refractivity contribution in [2.45, 2.75) is 58.6 Å². The smallest absolute Gasteiger partial charge is 0.252 e. The van der Waals surface area contributed by atoms with E-state index in [0.29, 0.717) is 12.1 Å². The number of rotatable bonds is 5. The number of nitrogens with zero attached hydrogens (tertiary/aromatic N) is 3. The first-order chi connectivity index (χ1) is 11.5. The average Bonchev–Trinajstić information content (AvgIpc) is 3.20. The van der Waals surface area contributed by atoms with E-state index in [1.807, 2.05) is 10.7 Å². The predicted molar refractivity (Wildman–Crippen MR) is 93.3 cm³/mol. The van der Waals surface area contributed by atoms with Crippen molar-refractivity contribution in [3.8, 4) is 0 Å². The van der Waals surface area contributed by atoms with Crippen molar-refractivity contribution in [3.05, 3.63) is 23.5 Å². The van der Waals surface area contributed by atoms with Crippen LogP contribution in [0.2, 0.25) is 0 Å². The van der Waals surface area contributed by atoms with Gasteiger partial charge in [-0.25, -0.2) is 9.67 Å². The average molecular weight is 330 g/mol. The lowest BCUT2D eigenvalue weighted by molar-refractivity contribution is 0.0859. The van der Waals surface area contributed by atoms with Crippen molar-refractivity contribution in [2.75, 3.05) is 13.2 Å². The van der Waals surface area contributed by atoms with E-state index < -0.39 is 0 Å². The van der Waals surface area contributed by atoms with Crippen molar-refractivity contribution in [1.82, 2.24) is 20.1 Å². The highest BCUT2D eigenvalue weighted by atomic mass is 16.5. The topological polar surface area (TPSA) is 69.0 Å². The maximum Gasteiger partial charge on any atom is 0.252 e. The van der Waals surface area contributed by atoms with Gasteiger partial charge in [0, 0.05) is 24.9 Å². The monoisotopic (exact) mass is 330 g/mol. The molecule has 1 fully saturated rings. The number of carbonyl (C=O) groups excluding carboxylic acids is 1. The van der Waals surface area contributed by atoms with Gasteiger partial charge in [-0.2, -0.15) is 5.10 Å². The molecule has 130 valence electrons. The van der Waals surface area contributed by atoms with Crippen LogP contribution in [0.4, 0.5) is 0 Å². The quantitative estimate of drug-likeness (QED) is 0.915. The number of ether oxygens (including phenoxy) is 1. The molecule has 3 rings (SSSR count). The second kappa shape index (κ2) is 6.89. The molecule has 0 bridgehead atoms. The molecular weight excluding hydrogens is 304 g/mol. The molecule has 0 spiro atoms. The van der Waals surface area contributed by atoms with Crippen LogP contribution in [0.25, 0.3) is 11.0 Å². The molecule has 2 aromatic rings. The highest BCUT2D eigenvalue weighted by Gasteiger charge is 2.21. The highest BCUT2D eigenvalue weighted by molar-refractivity contribution is 6.05. The summed E-state index contributed by atoms with van der Waals surface area (Å²) >= 11 is 0. The second-order valence-electron chi connectivity index (χ2n) is 7.01. The Labute approximate surface area is 142 Å². The Hall–Kier alpha value is -1.95. The summed E-state index contributed by atoms with van der Waals surface area (Å²) in [5, 5.41) is 8.24. The Kier molecular flexibility index (Phi) is 4.85. The first kappa shape index (κ1) is 16.9. The number of aromatic nitrogens is 3. The van der Waals surface area contributed by atoms with E-state index in [1.54, 1.807) is 6.20 Å². The van der Waals surface area contributed by atoms with Crippen molar-refractivity contribution < 1.29 is 9.53 Å². The molecule has 1 N–H and O–H groups in total. The van der Waals surface area contributed by atoms with Crippen LogP contribution >= 0.6 is 0 Å². The Morgan fingerprint density at radius 2 is 2.21 bits per heavy atom. The maximum atomic E-state index is 12.7. The van der Waals surface area contributed by atoms with E-state index in [4.69, 9.17) is 9.72 Å². The van der Waals surface area contributed by atoms with Crippen LogP contribution in [0.1, 0.15) is 68.5 Å². The van der Waals surface area contributed by atoms with Crippen LogP contribution in [0, 0.1) is 0 Å². The number of amides is 1. The van der Waals surface area contributed by atoms with E-state index >= 15 is 0 Å². The van der Waals surface area contributed by atoms with Crippen molar-refractivity contribution in [2.24, 2.45) is 0 Å². The van der Waals surface area contributed by atoms with Gasteiger partial charge in [0.05, 0.1) is 23.3 Å². The van der Waals surface area contributed by atoms with Crippen LogP contribution in [0.15, 0.2) is 12.3 Å². The third kappa shape index (κ3) is 3.29. The zero-order valence-corrected chi connectivity index (χ0v) is 14.9. The number of hydrogen-bond donors (Lipinski definition) is 1. The summed E-state index contributed by atoms with van der Waals surface area (Å²) in [5.41, 5.74) is 2.33. The van der Waals surface area contributed by atoms with Crippen LogP contribution in [-0.2, 0) is 4.74 Å². The number of pyridine rings is 1. The lowest BCUT2D eigenvalue weighted by Gasteiger charge is -2.14. The zero-order valence-electron chi connectivity index (χ0n) is 14.9. The summed E-state index contributed by atoms with van der Waals surface area (Å²) in [6, 6.07) is 2.09. The van der Waals surface area contributed by atoms with Gasteiger partial charge in [0.15, 0.2) is 5.65 Å². The van der Waals surface area contributed by atoms with E-state index in [-0.39, 0.29) is 24.0 Å². The minimum Gasteiger partial charge on any atom is -0.376 e. The molecule has 6 heteroatoms. The zero-order chi connectivity index (χ0) is 17.3. The van der Waals surface area contributed by atoms with Crippen LogP contribution in [0.5, 0.6) is 0 Å². The molecule has 0 aliphatic carbocycles. The Morgan fingerprint density at radius 1 is 1.42 bits per heavy atom. The van der Waals surface area contributed by atoms with E-state index in [2.05, 4.69) is 38.1 Å². The molecule has 1 aliphatic rings. The molecule has 0 radical (unpaired) electrons.